The van der Waals surface area contributed by atoms with E-state index in [1.54, 1.807) is 24.3 Å². The van der Waals surface area contributed by atoms with Crippen molar-refractivity contribution < 1.29 is 18.4 Å². The van der Waals surface area contributed by atoms with Crippen molar-refractivity contribution in [2.45, 2.75) is 6.18 Å². The largest absolute Gasteiger partial charge is 0.416 e. The molecule has 23 heavy (non-hydrogen) atoms. The number of nitrogens with zero attached hydrogens (tertiary/aromatic N) is 1. The number of benzene rings is 2. The SMILES string of the molecule is ONC(C=Cc1cccc(C(F)(F)F)c1)=Nc1cccc(Cl)c1. The minimum atomic E-state index is -4.41. The van der Waals surface area contributed by atoms with Crippen molar-refractivity contribution in [3.63, 3.8) is 0 Å². The summed E-state index contributed by atoms with van der Waals surface area (Å²) in [5.74, 6) is 0.0599. The Bertz CT molecular complexity index is 742. The van der Waals surface area contributed by atoms with E-state index >= 15 is 0 Å². The highest BCUT2D eigenvalue weighted by Crippen LogP contribution is 2.29. The van der Waals surface area contributed by atoms with Gasteiger partial charge in [-0.3, -0.25) is 10.7 Å². The summed E-state index contributed by atoms with van der Waals surface area (Å²) in [6, 6.07) is 11.4. The van der Waals surface area contributed by atoms with E-state index in [1.807, 2.05) is 5.48 Å². The van der Waals surface area contributed by atoms with Gasteiger partial charge < -0.3 is 0 Å². The Labute approximate surface area is 135 Å². The molecular formula is C16H12ClF3N2O. The highest BCUT2D eigenvalue weighted by Gasteiger charge is 2.30. The Morgan fingerprint density at radius 1 is 1.13 bits per heavy atom. The summed E-state index contributed by atoms with van der Waals surface area (Å²) in [4.78, 5) is 4.09. The third-order valence-corrected chi connectivity index (χ3v) is 3.06. The second-order valence-corrected chi connectivity index (χ2v) is 4.98. The maximum atomic E-state index is 12.6. The molecule has 0 bridgehead atoms. The van der Waals surface area contributed by atoms with E-state index in [2.05, 4.69) is 4.99 Å². The summed E-state index contributed by atoms with van der Waals surface area (Å²) in [5.41, 5.74) is 1.95. The molecule has 0 fully saturated rings. The van der Waals surface area contributed by atoms with Crippen molar-refractivity contribution in [3.05, 3.63) is 70.8 Å². The number of alkyl halides is 3. The Morgan fingerprint density at radius 3 is 2.52 bits per heavy atom. The molecule has 0 aromatic heterocycles. The van der Waals surface area contributed by atoms with Gasteiger partial charge in [-0.1, -0.05) is 35.9 Å². The second kappa shape index (κ2) is 7.30. The molecule has 2 rings (SSSR count). The van der Waals surface area contributed by atoms with E-state index in [1.165, 1.54) is 24.3 Å². The molecule has 0 radical (unpaired) electrons. The zero-order valence-corrected chi connectivity index (χ0v) is 12.4. The zero-order valence-electron chi connectivity index (χ0n) is 11.7. The number of aliphatic imine (C=N–C) groups is 1. The van der Waals surface area contributed by atoms with Crippen LogP contribution >= 0.6 is 11.6 Å². The Morgan fingerprint density at radius 2 is 1.87 bits per heavy atom. The molecule has 0 atom stereocenters. The van der Waals surface area contributed by atoms with Gasteiger partial charge in [0.15, 0.2) is 0 Å². The minimum absolute atomic E-state index is 0.0599. The van der Waals surface area contributed by atoms with Crippen LogP contribution in [0.1, 0.15) is 11.1 Å². The molecule has 0 amide bonds. The Hall–Kier alpha value is -2.31. The summed E-state index contributed by atoms with van der Waals surface area (Å²) < 4.78 is 37.9. The Balaban J connectivity index is 2.23. The number of amidine groups is 1. The van der Waals surface area contributed by atoms with Crippen LogP contribution in [-0.4, -0.2) is 11.0 Å². The summed E-state index contributed by atoms with van der Waals surface area (Å²) in [7, 11) is 0. The van der Waals surface area contributed by atoms with Crippen LogP contribution in [0.15, 0.2) is 59.6 Å². The molecule has 3 nitrogen and oxygen atoms in total. The molecule has 120 valence electrons. The fraction of sp³-hybridized carbons (Fsp3) is 0.0625. The molecule has 0 aliphatic heterocycles. The first kappa shape index (κ1) is 17.1. The molecule has 0 aliphatic carbocycles. The van der Waals surface area contributed by atoms with Gasteiger partial charge in [-0.25, -0.2) is 4.99 Å². The van der Waals surface area contributed by atoms with Gasteiger partial charge in [-0.2, -0.15) is 13.2 Å². The molecule has 2 N–H and O–H groups in total. The van der Waals surface area contributed by atoms with Gasteiger partial charge in [0.2, 0.25) is 0 Å². The molecule has 7 heteroatoms. The smallest absolute Gasteiger partial charge is 0.290 e. The van der Waals surface area contributed by atoms with Gasteiger partial charge in [-0.05, 0) is 42.0 Å². The molecule has 0 saturated carbocycles. The topological polar surface area (TPSA) is 44.6 Å². The third-order valence-electron chi connectivity index (χ3n) is 2.82. The van der Waals surface area contributed by atoms with Crippen LogP contribution in [0.5, 0.6) is 0 Å². The predicted octanol–water partition coefficient (Wildman–Crippen LogP) is 5.08. The first-order valence-corrected chi connectivity index (χ1v) is 6.86. The lowest BCUT2D eigenvalue weighted by Gasteiger charge is -2.06. The van der Waals surface area contributed by atoms with Crippen LogP contribution in [0.25, 0.3) is 6.08 Å². The lowest BCUT2D eigenvalue weighted by molar-refractivity contribution is -0.137. The van der Waals surface area contributed by atoms with Crippen LogP contribution in [0.3, 0.4) is 0 Å². The molecule has 0 saturated heterocycles. The van der Waals surface area contributed by atoms with Gasteiger partial charge in [0, 0.05) is 5.02 Å². The summed E-state index contributed by atoms with van der Waals surface area (Å²) in [6.45, 7) is 0. The number of rotatable bonds is 3. The van der Waals surface area contributed by atoms with Crippen LogP contribution in [0.4, 0.5) is 18.9 Å². The lowest BCUT2D eigenvalue weighted by atomic mass is 10.1. The predicted molar refractivity (Wildman–Crippen MR) is 83.9 cm³/mol. The molecule has 0 unspecified atom stereocenters. The van der Waals surface area contributed by atoms with Crippen molar-refractivity contribution in [2.24, 2.45) is 4.99 Å². The first-order chi connectivity index (χ1) is 10.9. The summed E-state index contributed by atoms with van der Waals surface area (Å²) in [6.07, 6.45) is -1.64. The number of halogens is 4. The van der Waals surface area contributed by atoms with Crippen molar-refractivity contribution in [1.29, 1.82) is 0 Å². The molecule has 0 aliphatic rings. The molecular weight excluding hydrogens is 329 g/mol. The van der Waals surface area contributed by atoms with E-state index < -0.39 is 11.7 Å². The van der Waals surface area contributed by atoms with Crippen molar-refractivity contribution in [3.8, 4) is 0 Å². The molecule has 2 aromatic carbocycles. The fourth-order valence-electron chi connectivity index (χ4n) is 1.78. The standard InChI is InChI=1S/C16H12ClF3N2O/c17-13-5-2-6-14(10-13)21-15(22-23)8-7-11-3-1-4-12(9-11)16(18,19)20/h1-10,23H,(H,21,22). The minimum Gasteiger partial charge on any atom is -0.290 e. The summed E-state index contributed by atoms with van der Waals surface area (Å²) >= 11 is 5.83. The number of hydrogen-bond acceptors (Lipinski definition) is 2. The van der Waals surface area contributed by atoms with Crippen molar-refractivity contribution in [2.75, 3.05) is 0 Å². The van der Waals surface area contributed by atoms with Crippen LogP contribution in [0, 0.1) is 0 Å². The second-order valence-electron chi connectivity index (χ2n) is 4.55. The monoisotopic (exact) mass is 340 g/mol. The number of hydrogen-bond donors (Lipinski definition) is 2. The quantitative estimate of drug-likeness (QED) is 0.465. The van der Waals surface area contributed by atoms with Gasteiger partial charge in [0.1, 0.15) is 5.84 Å². The van der Waals surface area contributed by atoms with E-state index in [-0.39, 0.29) is 5.84 Å². The fourth-order valence-corrected chi connectivity index (χ4v) is 1.96. The van der Waals surface area contributed by atoms with Crippen LogP contribution in [-0.2, 0) is 6.18 Å². The average Bonchev–Trinajstić information content (AvgIpc) is 2.51. The van der Waals surface area contributed by atoms with Crippen molar-refractivity contribution >= 4 is 29.2 Å². The normalized spacial score (nSPS) is 12.7. The summed E-state index contributed by atoms with van der Waals surface area (Å²) in [5, 5.41) is 9.55. The molecule has 0 spiro atoms. The van der Waals surface area contributed by atoms with E-state index in [0.29, 0.717) is 16.3 Å². The molecule has 0 heterocycles. The van der Waals surface area contributed by atoms with Gasteiger partial charge in [0.05, 0.1) is 11.3 Å². The number of hydroxylamine groups is 1. The van der Waals surface area contributed by atoms with E-state index in [4.69, 9.17) is 16.8 Å². The van der Waals surface area contributed by atoms with Gasteiger partial charge in [0.25, 0.3) is 0 Å². The highest BCUT2D eigenvalue weighted by molar-refractivity contribution is 6.30. The van der Waals surface area contributed by atoms with Gasteiger partial charge in [-0.15, -0.1) is 0 Å². The van der Waals surface area contributed by atoms with Crippen LogP contribution < -0.4 is 5.48 Å². The Kier molecular flexibility index (Phi) is 5.41. The van der Waals surface area contributed by atoms with Gasteiger partial charge >= 0.3 is 6.18 Å². The van der Waals surface area contributed by atoms with E-state index in [0.717, 1.165) is 12.1 Å². The number of nitrogens with one attached hydrogen (secondary N) is 1. The maximum absolute atomic E-state index is 12.6. The lowest BCUT2D eigenvalue weighted by Crippen LogP contribution is -2.15. The average molecular weight is 341 g/mol. The zero-order chi connectivity index (χ0) is 16.9. The van der Waals surface area contributed by atoms with Crippen molar-refractivity contribution in [1.82, 2.24) is 5.48 Å². The maximum Gasteiger partial charge on any atom is 0.416 e. The highest BCUT2D eigenvalue weighted by atomic mass is 35.5. The van der Waals surface area contributed by atoms with Crippen LogP contribution in [0.2, 0.25) is 5.02 Å². The third kappa shape index (κ3) is 5.12. The van der Waals surface area contributed by atoms with E-state index in [9.17, 15) is 13.2 Å². The first-order valence-electron chi connectivity index (χ1n) is 6.48. The molecule has 2 aromatic rings.